The van der Waals surface area contributed by atoms with Crippen LogP contribution < -0.4 is 10.2 Å². The maximum Gasteiger partial charge on any atom is 0.264 e. The molecule has 0 radical (unpaired) electrons. The third-order valence-corrected chi connectivity index (χ3v) is 11.3. The summed E-state index contributed by atoms with van der Waals surface area (Å²) < 4.78 is 24.6. The van der Waals surface area contributed by atoms with Crippen LogP contribution in [0.15, 0.2) is 67.4 Å². The Labute approximate surface area is 257 Å². The van der Waals surface area contributed by atoms with Crippen molar-refractivity contribution in [2.75, 3.05) is 23.4 Å². The molecule has 1 aromatic heterocycles. The summed E-state index contributed by atoms with van der Waals surface area (Å²) in [5.41, 5.74) is 1.15. The summed E-state index contributed by atoms with van der Waals surface area (Å²) in [7, 11) is -3.39. The van der Waals surface area contributed by atoms with E-state index in [0.717, 1.165) is 5.56 Å². The zero-order valence-corrected chi connectivity index (χ0v) is 26.5. The summed E-state index contributed by atoms with van der Waals surface area (Å²) in [6.45, 7) is 10.8. The number of nitrogens with zero attached hydrogens (tertiary/aromatic N) is 4. The van der Waals surface area contributed by atoms with Gasteiger partial charge >= 0.3 is 0 Å². The Hall–Kier alpha value is -3.71. The molecule has 3 N–H and O–H groups in total. The van der Waals surface area contributed by atoms with E-state index in [1.165, 1.54) is 6.92 Å². The van der Waals surface area contributed by atoms with Crippen molar-refractivity contribution in [3.63, 3.8) is 0 Å². The third kappa shape index (κ3) is 5.62. The number of hydrogen-bond acceptors (Lipinski definition) is 7. The smallest absolute Gasteiger partial charge is 0.264 e. The minimum atomic E-state index is -3.39. The van der Waals surface area contributed by atoms with Crippen LogP contribution in [-0.2, 0) is 26.5 Å². The number of halogens is 1. The second kappa shape index (κ2) is 12.4. The number of aliphatic hydroxyl groups is 2. The van der Waals surface area contributed by atoms with Gasteiger partial charge in [0.2, 0.25) is 8.41 Å². The van der Waals surface area contributed by atoms with Crippen LogP contribution in [0.25, 0.3) is 0 Å². The van der Waals surface area contributed by atoms with E-state index in [9.17, 15) is 19.8 Å². The van der Waals surface area contributed by atoms with Crippen LogP contribution in [0.1, 0.15) is 43.0 Å². The molecule has 10 nitrogen and oxygen atoms in total. The van der Waals surface area contributed by atoms with Crippen LogP contribution in [0.2, 0.25) is 18.6 Å². The number of hydrogen-bond donors (Lipinski definition) is 3. The fourth-order valence-electron chi connectivity index (χ4n) is 6.85. The first kappa shape index (κ1) is 31.7. The number of ether oxygens (including phenoxy) is 1. The van der Waals surface area contributed by atoms with Gasteiger partial charge in [-0.1, -0.05) is 48.5 Å². The van der Waals surface area contributed by atoms with Gasteiger partial charge in [0.1, 0.15) is 6.10 Å². The number of aryl methyl sites for hydroxylation is 1. The number of aromatic nitrogens is 3. The Morgan fingerprint density at radius 3 is 2.64 bits per heavy atom. The number of amides is 2. The van der Waals surface area contributed by atoms with Gasteiger partial charge in [-0.25, -0.2) is 0 Å². The molecule has 2 aliphatic heterocycles. The highest BCUT2D eigenvalue weighted by Gasteiger charge is 2.66. The average Bonchev–Trinajstić information content (AvgIpc) is 3.63. The molecule has 44 heavy (non-hydrogen) atoms. The molecule has 12 heteroatoms. The monoisotopic (exact) mass is 621 g/mol. The number of nitrogens with one attached hydrogen (secondary N) is 1. The van der Waals surface area contributed by atoms with Crippen molar-refractivity contribution < 1.29 is 28.6 Å². The van der Waals surface area contributed by atoms with Gasteiger partial charge in [-0.3, -0.25) is 14.3 Å². The van der Waals surface area contributed by atoms with Crippen molar-refractivity contribution in [3.8, 4) is 0 Å². The second-order valence-corrected chi connectivity index (χ2v) is 16.0. The van der Waals surface area contributed by atoms with Gasteiger partial charge in [0.25, 0.3) is 11.8 Å². The Morgan fingerprint density at radius 1 is 1.27 bits per heavy atom. The van der Waals surface area contributed by atoms with E-state index in [4.69, 9.17) is 4.74 Å². The normalized spacial score (nSPS) is 24.4. The van der Waals surface area contributed by atoms with Crippen molar-refractivity contribution >= 4 is 31.6 Å². The predicted molar refractivity (Wildman–Crippen MR) is 167 cm³/mol. The fraction of sp³-hybridized carbons (Fsp3) is 0.438. The number of carbonyl (C=O) groups is 2. The van der Waals surface area contributed by atoms with Crippen LogP contribution in [0.4, 0.5) is 15.5 Å². The first-order valence-electron chi connectivity index (χ1n) is 14.9. The quantitative estimate of drug-likeness (QED) is 0.167. The number of aliphatic hydroxyl groups excluding tert-OH is 2. The van der Waals surface area contributed by atoms with Gasteiger partial charge in [-0.05, 0) is 50.2 Å². The lowest BCUT2D eigenvalue weighted by atomic mass is 9.82. The Morgan fingerprint density at radius 2 is 2.00 bits per heavy atom. The molecule has 2 aliphatic rings. The van der Waals surface area contributed by atoms with Gasteiger partial charge in [-0.2, -0.15) is 0 Å². The number of anilines is 2. The highest BCUT2D eigenvalue weighted by Crippen LogP contribution is 2.60. The molecule has 2 amide bonds. The minimum absolute atomic E-state index is 0.124. The van der Waals surface area contributed by atoms with Crippen LogP contribution in [-0.4, -0.2) is 70.8 Å². The largest absolute Gasteiger partial charge is 0.395 e. The maximum absolute atomic E-state index is 16.2. The van der Waals surface area contributed by atoms with Crippen LogP contribution in [0.5, 0.6) is 0 Å². The van der Waals surface area contributed by atoms with Crippen LogP contribution in [0, 0.1) is 5.92 Å². The molecule has 0 aliphatic carbocycles. The number of carbonyl (C=O) groups excluding carboxylic acids is 2. The van der Waals surface area contributed by atoms with E-state index in [1.807, 2.05) is 37.3 Å². The van der Waals surface area contributed by atoms with Gasteiger partial charge < -0.3 is 29.3 Å². The van der Waals surface area contributed by atoms with Crippen molar-refractivity contribution in [1.82, 2.24) is 15.0 Å². The van der Waals surface area contributed by atoms with Gasteiger partial charge in [0.05, 0.1) is 30.0 Å². The zero-order chi connectivity index (χ0) is 31.8. The van der Waals surface area contributed by atoms with E-state index in [1.54, 1.807) is 53.1 Å². The predicted octanol–water partition coefficient (Wildman–Crippen LogP) is 4.12. The maximum atomic E-state index is 16.2. The number of benzene rings is 2. The van der Waals surface area contributed by atoms with E-state index in [2.05, 4.69) is 22.2 Å². The molecule has 6 atom stereocenters. The van der Waals surface area contributed by atoms with E-state index in [-0.39, 0.29) is 25.0 Å². The summed E-state index contributed by atoms with van der Waals surface area (Å²) in [6, 6.07) is 14.7. The molecule has 2 aromatic carbocycles. The molecular weight excluding hydrogens is 581 g/mol. The second-order valence-electron chi connectivity index (χ2n) is 12.2. The number of rotatable bonds is 11. The van der Waals surface area contributed by atoms with Crippen molar-refractivity contribution in [1.29, 1.82) is 0 Å². The molecule has 234 valence electrons. The van der Waals surface area contributed by atoms with Crippen molar-refractivity contribution in [2.45, 2.75) is 69.2 Å². The highest BCUT2D eigenvalue weighted by molar-refractivity contribution is 6.72. The zero-order valence-electron chi connectivity index (χ0n) is 25.5. The number of fused-ring (bicyclic) bond motifs is 2. The molecule has 3 aromatic rings. The van der Waals surface area contributed by atoms with Crippen LogP contribution >= 0.6 is 0 Å². The van der Waals surface area contributed by atoms with E-state index >= 15 is 4.11 Å². The van der Waals surface area contributed by atoms with Gasteiger partial charge in [0, 0.05) is 42.0 Å². The first-order valence-corrected chi connectivity index (χ1v) is 17.9. The first-order chi connectivity index (χ1) is 20.9. The van der Waals surface area contributed by atoms with Gasteiger partial charge in [-0.15, -0.1) is 11.7 Å². The summed E-state index contributed by atoms with van der Waals surface area (Å²) in [5.74, 6) is -1.71. The molecule has 5 rings (SSSR count). The Kier molecular flexibility index (Phi) is 8.90. The molecule has 0 saturated carbocycles. The fourth-order valence-corrected chi connectivity index (χ4v) is 9.39. The summed E-state index contributed by atoms with van der Waals surface area (Å²) >= 11 is 0. The standard InChI is InChI=1S/C32H40FN5O5Si/c1-6-15-38-27-13-12-23(34-30(41)21(3)40)17-25(27)32(31(38)42)20(2)29(44(4,5)33)28(43-32)14-16-37-18-26(35-36-37)24(19-39)22-10-8-7-9-11-22/h6-13,17-18,20-21,24,28-29,39-40H,1,14-16,19H2,2-5H3,(H,34,41)/t20-,21+,24?,28+,29-,32+/m1/s1. The summed E-state index contributed by atoms with van der Waals surface area (Å²) in [6.07, 6.45) is 1.99. The average molecular weight is 622 g/mol. The molecule has 0 bridgehead atoms. The van der Waals surface area contributed by atoms with E-state index < -0.39 is 43.6 Å². The molecule has 1 saturated heterocycles. The van der Waals surface area contributed by atoms with Crippen LogP contribution in [0.3, 0.4) is 0 Å². The minimum Gasteiger partial charge on any atom is -0.395 e. The molecule has 3 heterocycles. The van der Waals surface area contributed by atoms with Crippen molar-refractivity contribution in [2.24, 2.45) is 5.92 Å². The Balaban J connectivity index is 1.46. The molecule has 1 unspecified atom stereocenters. The molecular formula is C32H40FN5O5Si. The van der Waals surface area contributed by atoms with Gasteiger partial charge in [0.15, 0.2) is 5.60 Å². The SMILES string of the molecule is C=CCN1C(=O)[C@@]2(O[C@@H](CCn3cc(C(CO)c4ccccc4)nn3)[C@H]([Si](C)(C)F)[C@H]2C)c2cc(NC(=O)[C@H](C)O)ccc21. The lowest BCUT2D eigenvalue weighted by Gasteiger charge is -2.31. The molecule has 1 spiro atoms. The Bertz CT molecular complexity index is 1530. The summed E-state index contributed by atoms with van der Waals surface area (Å²) in [4.78, 5) is 28.1. The lowest BCUT2D eigenvalue weighted by Crippen LogP contribution is -2.45. The van der Waals surface area contributed by atoms with Crippen molar-refractivity contribution in [3.05, 3.63) is 84.2 Å². The summed E-state index contributed by atoms with van der Waals surface area (Å²) in [5, 5.41) is 31.1. The van der Waals surface area contributed by atoms with E-state index in [0.29, 0.717) is 35.6 Å². The topological polar surface area (TPSA) is 130 Å². The highest BCUT2D eigenvalue weighted by atomic mass is 28.4. The lowest BCUT2D eigenvalue weighted by molar-refractivity contribution is -0.145. The molecule has 1 fully saturated rings. The third-order valence-electron chi connectivity index (χ3n) is 8.86.